The van der Waals surface area contributed by atoms with E-state index in [-0.39, 0.29) is 17.1 Å². The lowest BCUT2D eigenvalue weighted by Gasteiger charge is -2.07. The summed E-state index contributed by atoms with van der Waals surface area (Å²) >= 11 is 1.19. The number of amides is 2. The minimum Gasteiger partial charge on any atom is -0.494 e. The van der Waals surface area contributed by atoms with E-state index in [2.05, 4.69) is 10.9 Å². The number of hydrogen-bond donors (Lipinski definition) is 2. The molecule has 2 amide bonds. The Labute approximate surface area is 157 Å². The maximum atomic E-state index is 13.6. The van der Waals surface area contributed by atoms with Crippen molar-refractivity contribution in [3.63, 3.8) is 0 Å². The van der Waals surface area contributed by atoms with E-state index in [9.17, 15) is 18.4 Å². The fraction of sp³-hybridized carbons (Fsp3) is 0.0526. The number of hydrogen-bond acceptors (Lipinski definition) is 4. The predicted octanol–water partition coefficient (Wildman–Crippen LogP) is 3.78. The minimum atomic E-state index is -0.682. The molecule has 3 aromatic rings. The Morgan fingerprint density at radius 3 is 2.30 bits per heavy atom. The maximum Gasteiger partial charge on any atom is 0.279 e. The van der Waals surface area contributed by atoms with Crippen molar-refractivity contribution >= 4 is 23.2 Å². The van der Waals surface area contributed by atoms with E-state index in [0.29, 0.717) is 4.88 Å². The molecule has 0 radical (unpaired) electrons. The second-order valence-electron chi connectivity index (χ2n) is 5.43. The van der Waals surface area contributed by atoms with Crippen LogP contribution in [-0.2, 0) is 0 Å². The summed E-state index contributed by atoms with van der Waals surface area (Å²) in [7, 11) is 1.32. The molecule has 0 saturated carbocycles. The summed E-state index contributed by atoms with van der Waals surface area (Å²) in [6, 6.07) is 12.9. The molecule has 0 spiro atoms. The second-order valence-corrected chi connectivity index (χ2v) is 6.51. The van der Waals surface area contributed by atoms with Crippen molar-refractivity contribution in [3.8, 4) is 16.2 Å². The van der Waals surface area contributed by atoms with Gasteiger partial charge in [-0.1, -0.05) is 12.1 Å². The van der Waals surface area contributed by atoms with Crippen LogP contribution in [0.5, 0.6) is 5.75 Å². The number of hydrazine groups is 1. The molecule has 0 aliphatic carbocycles. The summed E-state index contributed by atoms with van der Waals surface area (Å²) in [5, 5.41) is 0. The third-order valence-electron chi connectivity index (χ3n) is 3.66. The molecule has 0 atom stereocenters. The zero-order valence-corrected chi connectivity index (χ0v) is 14.9. The molecule has 2 N–H and O–H groups in total. The number of carbonyl (C=O) groups is 2. The van der Waals surface area contributed by atoms with Crippen LogP contribution in [0.2, 0.25) is 0 Å². The molecule has 1 heterocycles. The smallest absolute Gasteiger partial charge is 0.279 e. The van der Waals surface area contributed by atoms with Crippen molar-refractivity contribution in [2.24, 2.45) is 0 Å². The first-order chi connectivity index (χ1) is 13.0. The Morgan fingerprint density at radius 1 is 0.926 bits per heavy atom. The first-order valence-electron chi connectivity index (χ1n) is 7.78. The number of carbonyl (C=O) groups excluding carboxylic acids is 2. The van der Waals surface area contributed by atoms with E-state index in [1.807, 2.05) is 0 Å². The fourth-order valence-electron chi connectivity index (χ4n) is 2.28. The van der Waals surface area contributed by atoms with Gasteiger partial charge >= 0.3 is 0 Å². The number of thiophene rings is 1. The van der Waals surface area contributed by atoms with Crippen molar-refractivity contribution in [3.05, 3.63) is 76.7 Å². The summed E-state index contributed by atoms with van der Waals surface area (Å²) in [6.07, 6.45) is 0. The SMILES string of the molecule is COc1ccc(C(=O)NNC(=O)c2ccc(-c3ccc(F)cc3)s2)cc1F. The van der Waals surface area contributed by atoms with Gasteiger partial charge in [-0.25, -0.2) is 8.78 Å². The Bertz CT molecular complexity index is 987. The van der Waals surface area contributed by atoms with Gasteiger partial charge in [0.1, 0.15) is 5.82 Å². The zero-order valence-electron chi connectivity index (χ0n) is 14.1. The van der Waals surface area contributed by atoms with E-state index >= 15 is 0 Å². The molecular formula is C19H14F2N2O3S. The Balaban J connectivity index is 1.63. The molecule has 2 aromatic carbocycles. The standard InChI is InChI=1S/C19H14F2N2O3S/c1-26-15-7-4-12(10-14(15)21)18(24)22-23-19(25)17-9-8-16(27-17)11-2-5-13(20)6-3-11/h2-10H,1H3,(H,22,24)(H,23,25). The molecule has 1 aromatic heterocycles. The maximum absolute atomic E-state index is 13.6. The van der Waals surface area contributed by atoms with Gasteiger partial charge in [0.15, 0.2) is 11.6 Å². The topological polar surface area (TPSA) is 67.4 Å². The van der Waals surface area contributed by atoms with Crippen LogP contribution in [0.1, 0.15) is 20.0 Å². The summed E-state index contributed by atoms with van der Waals surface area (Å²) in [6.45, 7) is 0. The first-order valence-corrected chi connectivity index (χ1v) is 8.59. The highest BCUT2D eigenvalue weighted by atomic mass is 32.1. The van der Waals surface area contributed by atoms with Gasteiger partial charge in [0.05, 0.1) is 12.0 Å². The van der Waals surface area contributed by atoms with Gasteiger partial charge in [0.25, 0.3) is 11.8 Å². The van der Waals surface area contributed by atoms with Crippen LogP contribution in [0.25, 0.3) is 10.4 Å². The van der Waals surface area contributed by atoms with Gasteiger partial charge in [-0.3, -0.25) is 20.4 Å². The second kappa shape index (κ2) is 7.96. The number of rotatable bonds is 4. The molecule has 0 bridgehead atoms. The number of methoxy groups -OCH3 is 1. The molecule has 27 heavy (non-hydrogen) atoms. The molecule has 0 fully saturated rings. The lowest BCUT2D eigenvalue weighted by atomic mass is 10.2. The van der Waals surface area contributed by atoms with E-state index < -0.39 is 17.6 Å². The summed E-state index contributed by atoms with van der Waals surface area (Å²) in [5.41, 5.74) is 5.32. The fourth-order valence-corrected chi connectivity index (χ4v) is 3.19. The lowest BCUT2D eigenvalue weighted by Crippen LogP contribution is -2.41. The number of halogens is 2. The van der Waals surface area contributed by atoms with Crippen molar-refractivity contribution in [2.45, 2.75) is 0 Å². The lowest BCUT2D eigenvalue weighted by molar-refractivity contribution is 0.0848. The summed E-state index contributed by atoms with van der Waals surface area (Å²) in [4.78, 5) is 25.3. The van der Waals surface area contributed by atoms with Crippen LogP contribution in [0.3, 0.4) is 0 Å². The summed E-state index contributed by atoms with van der Waals surface area (Å²) in [5.74, 6) is -2.19. The minimum absolute atomic E-state index is 0.0162. The molecule has 8 heteroatoms. The Morgan fingerprint density at radius 2 is 1.63 bits per heavy atom. The molecule has 0 unspecified atom stereocenters. The van der Waals surface area contributed by atoms with Crippen molar-refractivity contribution in [1.82, 2.24) is 10.9 Å². The van der Waals surface area contributed by atoms with Gasteiger partial charge in [-0.05, 0) is 48.0 Å². The molecule has 138 valence electrons. The van der Waals surface area contributed by atoms with Crippen molar-refractivity contribution in [1.29, 1.82) is 0 Å². The number of ether oxygens (including phenoxy) is 1. The van der Waals surface area contributed by atoms with Gasteiger partial charge in [-0.2, -0.15) is 0 Å². The van der Waals surface area contributed by atoms with Crippen LogP contribution < -0.4 is 15.6 Å². The van der Waals surface area contributed by atoms with Crippen molar-refractivity contribution in [2.75, 3.05) is 7.11 Å². The van der Waals surface area contributed by atoms with Crippen LogP contribution in [-0.4, -0.2) is 18.9 Å². The molecule has 0 aliphatic heterocycles. The number of benzene rings is 2. The molecule has 0 saturated heterocycles. The quantitative estimate of drug-likeness (QED) is 0.669. The molecule has 3 rings (SSSR count). The average molecular weight is 388 g/mol. The zero-order chi connectivity index (χ0) is 19.4. The van der Waals surface area contributed by atoms with Crippen LogP contribution in [0, 0.1) is 11.6 Å². The monoisotopic (exact) mass is 388 g/mol. The average Bonchev–Trinajstić information content (AvgIpc) is 3.16. The van der Waals surface area contributed by atoms with Gasteiger partial charge < -0.3 is 4.74 Å². The molecular weight excluding hydrogens is 374 g/mol. The third kappa shape index (κ3) is 4.29. The van der Waals surface area contributed by atoms with Crippen LogP contribution >= 0.6 is 11.3 Å². The number of nitrogens with one attached hydrogen (secondary N) is 2. The molecule has 5 nitrogen and oxygen atoms in total. The molecule has 0 aliphatic rings. The predicted molar refractivity (Wildman–Crippen MR) is 97.6 cm³/mol. The first kappa shape index (κ1) is 18.5. The van der Waals surface area contributed by atoms with E-state index in [1.165, 1.54) is 42.7 Å². The normalized spacial score (nSPS) is 10.3. The van der Waals surface area contributed by atoms with Crippen LogP contribution in [0.15, 0.2) is 54.6 Å². The van der Waals surface area contributed by atoms with E-state index in [4.69, 9.17) is 4.74 Å². The van der Waals surface area contributed by atoms with Gasteiger partial charge in [0, 0.05) is 10.4 Å². The highest BCUT2D eigenvalue weighted by molar-refractivity contribution is 7.17. The highest BCUT2D eigenvalue weighted by Gasteiger charge is 2.14. The van der Waals surface area contributed by atoms with Gasteiger partial charge in [0.2, 0.25) is 0 Å². The third-order valence-corrected chi connectivity index (χ3v) is 4.80. The van der Waals surface area contributed by atoms with E-state index in [0.717, 1.165) is 16.5 Å². The van der Waals surface area contributed by atoms with Crippen molar-refractivity contribution < 1.29 is 23.1 Å². The van der Waals surface area contributed by atoms with Crippen LogP contribution in [0.4, 0.5) is 8.78 Å². The summed E-state index contributed by atoms with van der Waals surface area (Å²) < 4.78 is 31.4. The highest BCUT2D eigenvalue weighted by Crippen LogP contribution is 2.28. The Kier molecular flexibility index (Phi) is 5.46. The largest absolute Gasteiger partial charge is 0.494 e. The van der Waals surface area contributed by atoms with E-state index in [1.54, 1.807) is 24.3 Å². The Hall–Kier alpha value is -3.26. The van der Waals surface area contributed by atoms with Gasteiger partial charge in [-0.15, -0.1) is 11.3 Å².